The molecule has 0 saturated carbocycles. The third kappa shape index (κ3) is 4.29. The number of amides is 1. The molecule has 118 valence electrons. The molecule has 0 aliphatic heterocycles. The summed E-state index contributed by atoms with van der Waals surface area (Å²) in [6, 6.07) is 7.75. The molecule has 2 rings (SSSR count). The van der Waals surface area contributed by atoms with Gasteiger partial charge in [0, 0.05) is 23.8 Å². The van der Waals surface area contributed by atoms with Gasteiger partial charge in [0.2, 0.25) is 5.91 Å². The molecule has 2 aromatic rings. The number of hydrogen-bond acceptors (Lipinski definition) is 4. The first-order valence-electron chi connectivity index (χ1n) is 7.08. The van der Waals surface area contributed by atoms with Crippen molar-refractivity contribution in [1.29, 1.82) is 0 Å². The largest absolute Gasteiger partial charge is 0.354 e. The molecule has 2 heterocycles. The zero-order valence-corrected chi connectivity index (χ0v) is 14.5. The van der Waals surface area contributed by atoms with Crippen LogP contribution in [0.3, 0.4) is 0 Å². The smallest absolute Gasteiger partial charge is 0.228 e. The summed E-state index contributed by atoms with van der Waals surface area (Å²) in [5.41, 5.74) is 1.08. The first-order chi connectivity index (χ1) is 10.5. The second-order valence-electron chi connectivity index (χ2n) is 5.37. The fraction of sp³-hybridized carbons (Fsp3) is 0.375. The highest BCUT2D eigenvalue weighted by Gasteiger charge is 2.20. The maximum absolute atomic E-state index is 12.3. The van der Waals surface area contributed by atoms with Crippen molar-refractivity contribution < 1.29 is 4.79 Å². The van der Waals surface area contributed by atoms with E-state index >= 15 is 0 Å². The summed E-state index contributed by atoms with van der Waals surface area (Å²) in [6.45, 7) is 2.44. The van der Waals surface area contributed by atoms with E-state index in [1.54, 1.807) is 6.20 Å². The first kappa shape index (κ1) is 16.9. The van der Waals surface area contributed by atoms with Gasteiger partial charge in [-0.25, -0.2) is 0 Å². The fourth-order valence-corrected chi connectivity index (χ4v) is 3.32. The number of aromatic nitrogens is 1. The van der Waals surface area contributed by atoms with E-state index in [0.717, 1.165) is 10.4 Å². The van der Waals surface area contributed by atoms with Gasteiger partial charge in [0.05, 0.1) is 16.3 Å². The molecular weight excluding hydrogens is 318 g/mol. The third-order valence-corrected chi connectivity index (χ3v) is 4.99. The van der Waals surface area contributed by atoms with Crippen LogP contribution in [0, 0.1) is 0 Å². The molecule has 0 aliphatic carbocycles. The van der Waals surface area contributed by atoms with Gasteiger partial charge >= 0.3 is 0 Å². The summed E-state index contributed by atoms with van der Waals surface area (Å²) in [6.07, 6.45) is 3.58. The molecule has 0 radical (unpaired) electrons. The van der Waals surface area contributed by atoms with Crippen LogP contribution in [0.2, 0.25) is 4.34 Å². The number of nitrogens with zero attached hydrogens (tertiary/aromatic N) is 2. The van der Waals surface area contributed by atoms with Crippen LogP contribution in [0.25, 0.3) is 0 Å². The molecule has 6 heteroatoms. The Bertz CT molecular complexity index is 615. The monoisotopic (exact) mass is 337 g/mol. The average Bonchev–Trinajstić information content (AvgIpc) is 2.93. The molecule has 22 heavy (non-hydrogen) atoms. The van der Waals surface area contributed by atoms with Crippen molar-refractivity contribution in [2.24, 2.45) is 0 Å². The van der Waals surface area contributed by atoms with Crippen LogP contribution in [0.15, 0.2) is 36.7 Å². The maximum Gasteiger partial charge on any atom is 0.228 e. The van der Waals surface area contributed by atoms with Gasteiger partial charge < -0.3 is 10.2 Å². The highest BCUT2D eigenvalue weighted by Crippen LogP contribution is 2.28. The molecule has 4 nitrogen and oxygen atoms in total. The molecule has 0 saturated heterocycles. The average molecular weight is 338 g/mol. The number of rotatable bonds is 6. The summed E-state index contributed by atoms with van der Waals surface area (Å²) < 4.78 is 0.705. The molecular formula is C16H20ClN3OS. The van der Waals surface area contributed by atoms with E-state index in [0.29, 0.717) is 10.9 Å². The summed E-state index contributed by atoms with van der Waals surface area (Å²) >= 11 is 7.38. The Morgan fingerprint density at radius 3 is 2.73 bits per heavy atom. The minimum Gasteiger partial charge on any atom is -0.354 e. The van der Waals surface area contributed by atoms with Gasteiger partial charge in [-0.1, -0.05) is 17.7 Å². The van der Waals surface area contributed by atoms with Crippen LogP contribution in [-0.2, 0) is 4.79 Å². The van der Waals surface area contributed by atoms with Gasteiger partial charge in [0.25, 0.3) is 0 Å². The number of pyridine rings is 1. The molecule has 1 amide bonds. The van der Waals surface area contributed by atoms with E-state index in [4.69, 9.17) is 11.6 Å². The summed E-state index contributed by atoms with van der Waals surface area (Å²) in [7, 11) is 3.98. The Labute approximate surface area is 140 Å². The number of carbonyl (C=O) groups excluding carboxylic acids is 1. The Balaban J connectivity index is 1.99. The SMILES string of the molecule is C[C@H](C(=O)NC[C@H](c1cccnc1)N(C)C)c1ccc(Cl)s1. The maximum atomic E-state index is 12.3. The van der Waals surface area contributed by atoms with Crippen molar-refractivity contribution in [3.05, 3.63) is 51.4 Å². The molecule has 0 bridgehead atoms. The van der Waals surface area contributed by atoms with E-state index in [2.05, 4.69) is 15.2 Å². The van der Waals surface area contributed by atoms with E-state index in [9.17, 15) is 4.79 Å². The van der Waals surface area contributed by atoms with Crippen molar-refractivity contribution in [2.45, 2.75) is 18.9 Å². The lowest BCUT2D eigenvalue weighted by molar-refractivity contribution is -0.122. The normalized spacial score (nSPS) is 13.9. The third-order valence-electron chi connectivity index (χ3n) is 3.58. The standard InChI is InChI=1S/C16H20ClN3OS/c1-11(14-6-7-15(17)22-14)16(21)19-10-13(20(2)3)12-5-4-8-18-9-12/h4-9,11,13H,10H2,1-3H3,(H,19,21)/t11-,13+/m0/s1. The molecule has 2 atom stereocenters. The number of likely N-dealkylation sites (N-methyl/N-ethyl adjacent to an activating group) is 1. The van der Waals surface area contributed by atoms with Crippen LogP contribution in [0.4, 0.5) is 0 Å². The molecule has 0 aliphatic rings. The molecule has 2 aromatic heterocycles. The highest BCUT2D eigenvalue weighted by molar-refractivity contribution is 7.16. The van der Waals surface area contributed by atoms with Gasteiger partial charge in [-0.05, 0) is 44.8 Å². The van der Waals surface area contributed by atoms with Crippen LogP contribution in [-0.4, -0.2) is 36.4 Å². The Morgan fingerprint density at radius 2 is 2.18 bits per heavy atom. The van der Waals surface area contributed by atoms with Crippen LogP contribution < -0.4 is 5.32 Å². The van der Waals surface area contributed by atoms with Crippen molar-refractivity contribution in [3.8, 4) is 0 Å². The molecule has 1 N–H and O–H groups in total. The Morgan fingerprint density at radius 1 is 1.41 bits per heavy atom. The lowest BCUT2D eigenvalue weighted by Crippen LogP contribution is -2.36. The minimum absolute atomic E-state index is 0.00857. The Hall–Kier alpha value is -1.43. The first-order valence-corrected chi connectivity index (χ1v) is 8.27. The van der Waals surface area contributed by atoms with Gasteiger partial charge in [-0.2, -0.15) is 0 Å². The number of halogens is 1. The molecule has 0 fully saturated rings. The summed E-state index contributed by atoms with van der Waals surface area (Å²) in [5, 5.41) is 3.03. The second kappa shape index (κ2) is 7.72. The lowest BCUT2D eigenvalue weighted by atomic mass is 10.1. The van der Waals surface area contributed by atoms with Gasteiger partial charge in [-0.15, -0.1) is 11.3 Å². The summed E-state index contributed by atoms with van der Waals surface area (Å²) in [4.78, 5) is 19.5. The predicted octanol–water partition coefficient (Wildman–Crippen LogP) is 3.32. The van der Waals surface area contributed by atoms with Crippen molar-refractivity contribution >= 4 is 28.8 Å². The zero-order chi connectivity index (χ0) is 16.1. The predicted molar refractivity (Wildman–Crippen MR) is 91.4 cm³/mol. The number of carbonyl (C=O) groups is 1. The number of hydrogen-bond donors (Lipinski definition) is 1. The number of thiophene rings is 1. The van der Waals surface area contributed by atoms with E-state index in [-0.39, 0.29) is 17.9 Å². The number of nitrogens with one attached hydrogen (secondary N) is 1. The zero-order valence-electron chi connectivity index (χ0n) is 12.9. The lowest BCUT2D eigenvalue weighted by Gasteiger charge is -2.25. The quantitative estimate of drug-likeness (QED) is 0.879. The minimum atomic E-state index is -0.200. The van der Waals surface area contributed by atoms with Gasteiger partial charge in [0.1, 0.15) is 0 Å². The summed E-state index contributed by atoms with van der Waals surface area (Å²) in [5.74, 6) is -0.191. The Kier molecular flexibility index (Phi) is 5.94. The van der Waals surface area contributed by atoms with E-state index in [1.807, 2.05) is 51.5 Å². The molecule has 0 aromatic carbocycles. The van der Waals surface area contributed by atoms with Crippen molar-refractivity contribution in [3.63, 3.8) is 0 Å². The molecule has 0 spiro atoms. The van der Waals surface area contributed by atoms with Crippen LogP contribution in [0.5, 0.6) is 0 Å². The van der Waals surface area contributed by atoms with Crippen LogP contribution in [0.1, 0.15) is 29.3 Å². The van der Waals surface area contributed by atoms with Gasteiger partial charge in [0.15, 0.2) is 0 Å². The van der Waals surface area contributed by atoms with Gasteiger partial charge in [-0.3, -0.25) is 9.78 Å². The van der Waals surface area contributed by atoms with Crippen molar-refractivity contribution in [2.75, 3.05) is 20.6 Å². The molecule has 0 unspecified atom stereocenters. The van der Waals surface area contributed by atoms with E-state index < -0.39 is 0 Å². The van der Waals surface area contributed by atoms with E-state index in [1.165, 1.54) is 11.3 Å². The van der Waals surface area contributed by atoms with Crippen LogP contribution >= 0.6 is 22.9 Å². The highest BCUT2D eigenvalue weighted by atomic mass is 35.5. The second-order valence-corrected chi connectivity index (χ2v) is 7.12. The topological polar surface area (TPSA) is 45.2 Å². The fourth-order valence-electron chi connectivity index (χ4n) is 2.21. The van der Waals surface area contributed by atoms with Crippen molar-refractivity contribution in [1.82, 2.24) is 15.2 Å².